The van der Waals surface area contributed by atoms with Gasteiger partial charge in [-0.3, -0.25) is 9.48 Å². The van der Waals surface area contributed by atoms with Crippen LogP contribution in [0.4, 0.5) is 8.78 Å². The van der Waals surface area contributed by atoms with E-state index in [1.54, 1.807) is 0 Å². The largest absolute Gasteiger partial charge is 0.481 e. The standard InChI is InChI=1S/C9H12F2N2O2/c1-5(9(14)15)3-6-4-13(2)12-7(6)8(10)11/h4-5,8H,3H2,1-2H3,(H,14,15). The summed E-state index contributed by atoms with van der Waals surface area (Å²) in [7, 11) is 1.53. The van der Waals surface area contributed by atoms with Crippen LogP contribution in [0.3, 0.4) is 0 Å². The van der Waals surface area contributed by atoms with E-state index in [0.29, 0.717) is 5.56 Å². The lowest BCUT2D eigenvalue weighted by atomic mass is 10.0. The van der Waals surface area contributed by atoms with E-state index < -0.39 is 18.3 Å². The predicted octanol–water partition coefficient (Wildman–Crippen LogP) is 1.62. The Hall–Kier alpha value is -1.46. The average Bonchev–Trinajstić information content (AvgIpc) is 2.46. The first-order chi connectivity index (χ1) is 6.91. The zero-order chi connectivity index (χ0) is 11.6. The minimum Gasteiger partial charge on any atom is -0.481 e. The molecule has 0 aliphatic rings. The van der Waals surface area contributed by atoms with E-state index >= 15 is 0 Å². The van der Waals surface area contributed by atoms with Gasteiger partial charge in [-0.1, -0.05) is 6.92 Å². The third kappa shape index (κ3) is 2.74. The fourth-order valence-corrected chi connectivity index (χ4v) is 1.31. The van der Waals surface area contributed by atoms with Crippen molar-refractivity contribution in [3.63, 3.8) is 0 Å². The van der Waals surface area contributed by atoms with E-state index in [1.165, 1.54) is 24.9 Å². The van der Waals surface area contributed by atoms with Crippen LogP contribution in [-0.2, 0) is 18.3 Å². The van der Waals surface area contributed by atoms with Gasteiger partial charge < -0.3 is 5.11 Å². The zero-order valence-corrected chi connectivity index (χ0v) is 8.44. The number of rotatable bonds is 4. The van der Waals surface area contributed by atoms with Crippen LogP contribution in [0.15, 0.2) is 6.20 Å². The molecule has 0 fully saturated rings. The lowest BCUT2D eigenvalue weighted by Gasteiger charge is -2.05. The molecule has 6 heteroatoms. The van der Waals surface area contributed by atoms with Gasteiger partial charge in [-0.25, -0.2) is 8.78 Å². The van der Waals surface area contributed by atoms with E-state index in [0.717, 1.165) is 0 Å². The van der Waals surface area contributed by atoms with Crippen LogP contribution in [0.5, 0.6) is 0 Å². The second-order valence-electron chi connectivity index (χ2n) is 3.46. The maximum atomic E-state index is 12.5. The molecular weight excluding hydrogens is 206 g/mol. The van der Waals surface area contributed by atoms with Gasteiger partial charge in [-0.2, -0.15) is 5.10 Å². The van der Waals surface area contributed by atoms with Crippen LogP contribution in [0, 0.1) is 5.92 Å². The Labute approximate surface area is 85.5 Å². The molecule has 0 aliphatic heterocycles. The highest BCUT2D eigenvalue weighted by molar-refractivity contribution is 5.69. The Bertz CT molecular complexity index is 363. The zero-order valence-electron chi connectivity index (χ0n) is 8.44. The van der Waals surface area contributed by atoms with Gasteiger partial charge in [-0.15, -0.1) is 0 Å². The number of nitrogens with zero attached hydrogens (tertiary/aromatic N) is 2. The van der Waals surface area contributed by atoms with Crippen LogP contribution in [0.2, 0.25) is 0 Å². The van der Waals surface area contributed by atoms with Gasteiger partial charge in [0.25, 0.3) is 6.43 Å². The predicted molar refractivity (Wildman–Crippen MR) is 48.7 cm³/mol. The SMILES string of the molecule is CC(Cc1cn(C)nc1C(F)F)C(=O)O. The number of halogens is 2. The number of hydrogen-bond acceptors (Lipinski definition) is 2. The summed E-state index contributed by atoms with van der Waals surface area (Å²) in [6, 6.07) is 0. The topological polar surface area (TPSA) is 55.1 Å². The van der Waals surface area contributed by atoms with Gasteiger partial charge in [0.2, 0.25) is 0 Å². The van der Waals surface area contributed by atoms with Crippen molar-refractivity contribution >= 4 is 5.97 Å². The third-order valence-corrected chi connectivity index (χ3v) is 2.09. The highest BCUT2D eigenvalue weighted by atomic mass is 19.3. The summed E-state index contributed by atoms with van der Waals surface area (Å²) in [5, 5.41) is 12.3. The molecule has 0 saturated heterocycles. The van der Waals surface area contributed by atoms with Gasteiger partial charge in [0, 0.05) is 13.2 Å². The molecule has 0 aromatic carbocycles. The molecule has 1 N–H and O–H groups in total. The van der Waals surface area contributed by atoms with Crippen LogP contribution >= 0.6 is 0 Å². The number of hydrogen-bond donors (Lipinski definition) is 1. The van der Waals surface area contributed by atoms with Crippen molar-refractivity contribution in [2.45, 2.75) is 19.8 Å². The maximum Gasteiger partial charge on any atom is 0.306 e. The quantitative estimate of drug-likeness (QED) is 0.835. The average molecular weight is 218 g/mol. The second-order valence-corrected chi connectivity index (χ2v) is 3.46. The van der Waals surface area contributed by atoms with E-state index in [9.17, 15) is 13.6 Å². The van der Waals surface area contributed by atoms with Crippen molar-refractivity contribution in [1.29, 1.82) is 0 Å². The second kappa shape index (κ2) is 4.37. The highest BCUT2D eigenvalue weighted by Crippen LogP contribution is 2.23. The Kier molecular flexibility index (Phi) is 3.39. The molecule has 0 amide bonds. The summed E-state index contributed by atoms with van der Waals surface area (Å²) < 4.78 is 26.2. The first-order valence-electron chi connectivity index (χ1n) is 4.45. The van der Waals surface area contributed by atoms with Gasteiger partial charge >= 0.3 is 5.97 Å². The summed E-state index contributed by atoms with van der Waals surface area (Å²) in [5.74, 6) is -1.69. The van der Waals surface area contributed by atoms with E-state index in [1.807, 2.05) is 0 Å². The minimum atomic E-state index is -2.66. The van der Waals surface area contributed by atoms with Crippen molar-refractivity contribution in [1.82, 2.24) is 9.78 Å². The Morgan fingerprint density at radius 1 is 1.67 bits per heavy atom. The molecule has 1 unspecified atom stereocenters. The Morgan fingerprint density at radius 2 is 2.27 bits per heavy atom. The first-order valence-corrected chi connectivity index (χ1v) is 4.45. The van der Waals surface area contributed by atoms with Crippen molar-refractivity contribution in [2.24, 2.45) is 13.0 Å². The van der Waals surface area contributed by atoms with Gasteiger partial charge in [0.15, 0.2) is 0 Å². The minimum absolute atomic E-state index is 0.0723. The lowest BCUT2D eigenvalue weighted by Crippen LogP contribution is -2.12. The van der Waals surface area contributed by atoms with Crippen molar-refractivity contribution in [2.75, 3.05) is 0 Å². The number of alkyl halides is 2. The van der Waals surface area contributed by atoms with Gasteiger partial charge in [0.05, 0.1) is 5.92 Å². The summed E-state index contributed by atoms with van der Waals surface area (Å²) in [4.78, 5) is 10.6. The van der Waals surface area contributed by atoms with Gasteiger partial charge in [0.1, 0.15) is 5.69 Å². The monoisotopic (exact) mass is 218 g/mol. The normalized spacial score (nSPS) is 13.1. The fraction of sp³-hybridized carbons (Fsp3) is 0.556. The molecule has 1 atom stereocenters. The van der Waals surface area contributed by atoms with Crippen LogP contribution in [-0.4, -0.2) is 20.9 Å². The molecule has 1 aromatic heterocycles. The number of carbonyl (C=O) groups is 1. The summed E-state index contributed by atoms with van der Waals surface area (Å²) >= 11 is 0. The Morgan fingerprint density at radius 3 is 2.73 bits per heavy atom. The fourth-order valence-electron chi connectivity index (χ4n) is 1.31. The van der Waals surface area contributed by atoms with Crippen LogP contribution in [0.1, 0.15) is 24.6 Å². The Balaban J connectivity index is 2.88. The van der Waals surface area contributed by atoms with Crippen molar-refractivity contribution in [3.8, 4) is 0 Å². The van der Waals surface area contributed by atoms with Gasteiger partial charge in [-0.05, 0) is 12.0 Å². The number of carboxylic acids is 1. The molecule has 84 valence electrons. The molecule has 0 bridgehead atoms. The molecule has 4 nitrogen and oxygen atoms in total. The van der Waals surface area contributed by atoms with Crippen molar-refractivity contribution in [3.05, 3.63) is 17.5 Å². The molecule has 0 radical (unpaired) electrons. The first kappa shape index (κ1) is 11.6. The molecule has 15 heavy (non-hydrogen) atoms. The molecule has 0 spiro atoms. The highest BCUT2D eigenvalue weighted by Gasteiger charge is 2.21. The molecule has 1 aromatic rings. The number of aliphatic carboxylic acids is 1. The van der Waals surface area contributed by atoms with Crippen LogP contribution in [0.25, 0.3) is 0 Å². The van der Waals surface area contributed by atoms with Crippen molar-refractivity contribution < 1.29 is 18.7 Å². The summed E-state index contributed by atoms with van der Waals surface area (Å²) in [5.41, 5.74) is -0.0343. The summed E-state index contributed by atoms with van der Waals surface area (Å²) in [6.45, 7) is 1.48. The molecule has 1 rings (SSSR count). The smallest absolute Gasteiger partial charge is 0.306 e. The number of carboxylic acid groups (broad SMARTS) is 1. The van der Waals surface area contributed by atoms with E-state index in [2.05, 4.69) is 5.10 Å². The lowest BCUT2D eigenvalue weighted by molar-refractivity contribution is -0.141. The number of aromatic nitrogens is 2. The number of aryl methyl sites for hydroxylation is 1. The molecule has 1 heterocycles. The van der Waals surface area contributed by atoms with E-state index in [4.69, 9.17) is 5.11 Å². The molecular formula is C9H12F2N2O2. The van der Waals surface area contributed by atoms with E-state index in [-0.39, 0.29) is 12.1 Å². The molecule has 0 saturated carbocycles. The summed E-state index contributed by atoms with van der Waals surface area (Å²) in [6.07, 6.45) is -1.16. The van der Waals surface area contributed by atoms with Crippen LogP contribution < -0.4 is 0 Å². The molecule has 0 aliphatic carbocycles. The third-order valence-electron chi connectivity index (χ3n) is 2.09. The maximum absolute atomic E-state index is 12.5.